The van der Waals surface area contributed by atoms with Gasteiger partial charge in [0.05, 0.1) is 18.3 Å². The van der Waals surface area contributed by atoms with Gasteiger partial charge in [-0.25, -0.2) is 0 Å². The number of aromatic nitrogens is 2. The SMILES string of the molecule is Cc1[c]cc(-c2cc(C)n(CC(C)O)n2)cc1. The zero-order chi connectivity index (χ0) is 12.4. The number of aryl methyl sites for hydroxylation is 2. The Labute approximate surface area is 102 Å². The first-order valence-electron chi connectivity index (χ1n) is 5.77. The highest BCUT2D eigenvalue weighted by Gasteiger charge is 2.07. The smallest absolute Gasteiger partial charge is 0.0926 e. The third-order valence-corrected chi connectivity index (χ3v) is 2.68. The summed E-state index contributed by atoms with van der Waals surface area (Å²) in [5, 5.41) is 13.9. The zero-order valence-electron chi connectivity index (χ0n) is 10.4. The molecule has 0 aliphatic rings. The Morgan fingerprint density at radius 1 is 1.41 bits per heavy atom. The number of rotatable bonds is 3. The van der Waals surface area contributed by atoms with Crippen molar-refractivity contribution in [2.24, 2.45) is 0 Å². The normalized spacial score (nSPS) is 12.7. The number of benzene rings is 1. The molecule has 0 aliphatic carbocycles. The molecule has 1 radical (unpaired) electrons. The molecular weight excluding hydrogens is 212 g/mol. The molecule has 1 atom stereocenters. The molecule has 1 N–H and O–H groups in total. The first-order chi connectivity index (χ1) is 8.06. The van der Waals surface area contributed by atoms with E-state index in [9.17, 15) is 5.11 Å². The van der Waals surface area contributed by atoms with Crippen molar-refractivity contribution < 1.29 is 5.11 Å². The van der Waals surface area contributed by atoms with E-state index in [0.29, 0.717) is 6.54 Å². The molecule has 0 saturated carbocycles. The molecule has 0 amide bonds. The van der Waals surface area contributed by atoms with Crippen molar-refractivity contribution >= 4 is 0 Å². The molecule has 3 nitrogen and oxygen atoms in total. The maximum absolute atomic E-state index is 9.38. The molecule has 17 heavy (non-hydrogen) atoms. The van der Waals surface area contributed by atoms with Gasteiger partial charge in [-0.1, -0.05) is 12.1 Å². The van der Waals surface area contributed by atoms with Crippen molar-refractivity contribution in [3.05, 3.63) is 41.6 Å². The minimum atomic E-state index is -0.383. The fraction of sp³-hybridized carbons (Fsp3) is 0.357. The molecule has 0 saturated heterocycles. The molecule has 3 heteroatoms. The van der Waals surface area contributed by atoms with Crippen LogP contribution in [0.3, 0.4) is 0 Å². The van der Waals surface area contributed by atoms with Gasteiger partial charge in [0.1, 0.15) is 0 Å². The van der Waals surface area contributed by atoms with Crippen LogP contribution in [0.1, 0.15) is 18.2 Å². The fourth-order valence-electron chi connectivity index (χ4n) is 1.75. The van der Waals surface area contributed by atoms with Crippen LogP contribution in [0.5, 0.6) is 0 Å². The Morgan fingerprint density at radius 3 is 2.76 bits per heavy atom. The Hall–Kier alpha value is -1.61. The van der Waals surface area contributed by atoms with E-state index in [-0.39, 0.29) is 6.10 Å². The topological polar surface area (TPSA) is 38.0 Å². The molecule has 2 rings (SSSR count). The van der Waals surface area contributed by atoms with Crippen molar-refractivity contribution in [3.8, 4) is 11.3 Å². The molecule has 1 aromatic carbocycles. The molecule has 0 aliphatic heterocycles. The van der Waals surface area contributed by atoms with Gasteiger partial charge < -0.3 is 5.11 Å². The van der Waals surface area contributed by atoms with E-state index < -0.39 is 0 Å². The lowest BCUT2D eigenvalue weighted by molar-refractivity contribution is 0.167. The van der Waals surface area contributed by atoms with E-state index in [1.54, 1.807) is 6.92 Å². The van der Waals surface area contributed by atoms with Gasteiger partial charge in [0.25, 0.3) is 0 Å². The summed E-state index contributed by atoms with van der Waals surface area (Å²) in [6, 6.07) is 11.2. The van der Waals surface area contributed by atoms with Crippen LogP contribution in [0.4, 0.5) is 0 Å². The van der Waals surface area contributed by atoms with Crippen molar-refractivity contribution in [1.82, 2.24) is 9.78 Å². The Morgan fingerprint density at radius 2 is 2.18 bits per heavy atom. The van der Waals surface area contributed by atoms with Crippen LogP contribution < -0.4 is 0 Å². The van der Waals surface area contributed by atoms with Crippen LogP contribution in [0.15, 0.2) is 24.3 Å². The highest BCUT2D eigenvalue weighted by molar-refractivity contribution is 5.59. The van der Waals surface area contributed by atoms with Crippen molar-refractivity contribution in [2.75, 3.05) is 0 Å². The van der Waals surface area contributed by atoms with Gasteiger partial charge in [0.2, 0.25) is 0 Å². The number of hydrogen-bond acceptors (Lipinski definition) is 2. The van der Waals surface area contributed by atoms with Gasteiger partial charge in [-0.3, -0.25) is 4.68 Å². The Kier molecular flexibility index (Phi) is 3.29. The van der Waals surface area contributed by atoms with E-state index in [2.05, 4.69) is 11.2 Å². The van der Waals surface area contributed by atoms with E-state index in [0.717, 1.165) is 22.5 Å². The van der Waals surface area contributed by atoms with Gasteiger partial charge >= 0.3 is 0 Å². The largest absolute Gasteiger partial charge is 0.391 e. The van der Waals surface area contributed by atoms with E-state index in [1.165, 1.54) is 0 Å². The van der Waals surface area contributed by atoms with Crippen LogP contribution in [0.25, 0.3) is 11.3 Å². The second-order valence-electron chi connectivity index (χ2n) is 4.46. The second kappa shape index (κ2) is 4.72. The number of aliphatic hydroxyl groups excluding tert-OH is 1. The monoisotopic (exact) mass is 229 g/mol. The minimum Gasteiger partial charge on any atom is -0.391 e. The molecule has 1 unspecified atom stereocenters. The summed E-state index contributed by atoms with van der Waals surface area (Å²) in [6.07, 6.45) is -0.383. The summed E-state index contributed by atoms with van der Waals surface area (Å²) in [5.74, 6) is 0. The lowest BCUT2D eigenvalue weighted by Gasteiger charge is -2.05. The van der Waals surface area contributed by atoms with E-state index in [1.807, 2.05) is 42.8 Å². The summed E-state index contributed by atoms with van der Waals surface area (Å²) < 4.78 is 1.83. The van der Waals surface area contributed by atoms with Crippen molar-refractivity contribution in [2.45, 2.75) is 33.4 Å². The Balaban J connectivity index is 2.31. The molecule has 0 spiro atoms. The first-order valence-corrected chi connectivity index (χ1v) is 5.77. The average Bonchev–Trinajstić information content (AvgIpc) is 2.60. The summed E-state index contributed by atoms with van der Waals surface area (Å²) in [7, 11) is 0. The summed E-state index contributed by atoms with van der Waals surface area (Å²) in [4.78, 5) is 0. The highest BCUT2D eigenvalue weighted by Crippen LogP contribution is 2.19. The average molecular weight is 229 g/mol. The second-order valence-corrected chi connectivity index (χ2v) is 4.46. The minimum absolute atomic E-state index is 0.383. The number of aliphatic hydroxyl groups is 1. The molecule has 0 bridgehead atoms. The standard InChI is InChI=1S/C14H17N2O/c1-10-4-6-13(7-5-10)14-8-11(2)16(15-14)9-12(3)17/h4,6-8,12,17H,9H2,1-3H3. The maximum Gasteiger partial charge on any atom is 0.0926 e. The molecule has 89 valence electrons. The third-order valence-electron chi connectivity index (χ3n) is 2.68. The molecule has 1 heterocycles. The van der Waals surface area contributed by atoms with E-state index >= 15 is 0 Å². The van der Waals surface area contributed by atoms with Crippen molar-refractivity contribution in [1.29, 1.82) is 0 Å². The Bertz CT molecular complexity index is 497. The van der Waals surface area contributed by atoms with Crippen LogP contribution in [0, 0.1) is 19.9 Å². The molecule has 0 fully saturated rings. The summed E-state index contributed by atoms with van der Waals surface area (Å²) >= 11 is 0. The third kappa shape index (κ3) is 2.74. The van der Waals surface area contributed by atoms with Gasteiger partial charge in [-0.15, -0.1) is 0 Å². The maximum atomic E-state index is 9.38. The van der Waals surface area contributed by atoms with Gasteiger partial charge in [-0.2, -0.15) is 5.10 Å². The zero-order valence-corrected chi connectivity index (χ0v) is 10.4. The summed E-state index contributed by atoms with van der Waals surface area (Å²) in [6.45, 7) is 6.31. The predicted octanol–water partition coefficient (Wildman–Crippen LogP) is 2.35. The first kappa shape index (κ1) is 11.9. The van der Waals surface area contributed by atoms with Gasteiger partial charge in [0, 0.05) is 11.3 Å². The molecule has 1 aromatic heterocycles. The van der Waals surface area contributed by atoms with Crippen LogP contribution >= 0.6 is 0 Å². The van der Waals surface area contributed by atoms with Gasteiger partial charge in [0.15, 0.2) is 0 Å². The molecule has 2 aromatic rings. The quantitative estimate of drug-likeness (QED) is 0.877. The molecular formula is C14H17N2O. The highest BCUT2D eigenvalue weighted by atomic mass is 16.3. The predicted molar refractivity (Wildman–Crippen MR) is 67.7 cm³/mol. The number of hydrogen-bond donors (Lipinski definition) is 1. The van der Waals surface area contributed by atoms with Crippen molar-refractivity contribution in [3.63, 3.8) is 0 Å². The van der Waals surface area contributed by atoms with Crippen LogP contribution in [-0.2, 0) is 6.54 Å². The van der Waals surface area contributed by atoms with Crippen LogP contribution in [0.2, 0.25) is 0 Å². The fourth-order valence-corrected chi connectivity index (χ4v) is 1.75. The van der Waals surface area contributed by atoms with Crippen LogP contribution in [-0.4, -0.2) is 21.0 Å². The number of nitrogens with zero attached hydrogens (tertiary/aromatic N) is 2. The lowest BCUT2D eigenvalue weighted by atomic mass is 10.1. The lowest BCUT2D eigenvalue weighted by Crippen LogP contribution is -2.14. The summed E-state index contributed by atoms with van der Waals surface area (Å²) in [5.41, 5.74) is 4.16. The van der Waals surface area contributed by atoms with Gasteiger partial charge in [-0.05, 0) is 44.5 Å². The van der Waals surface area contributed by atoms with E-state index in [4.69, 9.17) is 0 Å².